The number of aromatic nitrogens is 4. The first-order valence-corrected chi connectivity index (χ1v) is 7.25. The molecule has 0 spiro atoms. The van der Waals surface area contributed by atoms with Crippen molar-refractivity contribution in [3.8, 4) is 21.7 Å². The summed E-state index contributed by atoms with van der Waals surface area (Å²) in [6.45, 7) is 0. The van der Waals surface area contributed by atoms with E-state index >= 15 is 0 Å². The summed E-state index contributed by atoms with van der Waals surface area (Å²) in [5.41, 5.74) is 3.47. The molecule has 0 fully saturated rings. The quantitative estimate of drug-likeness (QED) is 0.596. The van der Waals surface area contributed by atoms with Crippen molar-refractivity contribution in [3.05, 3.63) is 58.7 Å². The van der Waals surface area contributed by atoms with Crippen LogP contribution < -0.4 is 5.56 Å². The maximum atomic E-state index is 11.4. The van der Waals surface area contributed by atoms with Crippen LogP contribution in [-0.2, 0) is 0 Å². The minimum atomic E-state index is -0.123. The van der Waals surface area contributed by atoms with Gasteiger partial charge in [-0.3, -0.25) is 4.79 Å². The second-order valence-electron chi connectivity index (χ2n) is 4.60. The van der Waals surface area contributed by atoms with Crippen LogP contribution in [0.3, 0.4) is 0 Å². The van der Waals surface area contributed by atoms with Gasteiger partial charge in [-0.25, -0.2) is 9.97 Å². The molecule has 5 nitrogen and oxygen atoms in total. The number of nitrogens with zero attached hydrogens (tertiary/aromatic N) is 2. The molecule has 0 amide bonds. The van der Waals surface area contributed by atoms with E-state index < -0.39 is 0 Å². The molecule has 0 radical (unpaired) electrons. The van der Waals surface area contributed by atoms with E-state index in [0.717, 1.165) is 32.7 Å². The Morgan fingerprint density at radius 1 is 1.10 bits per heavy atom. The predicted octanol–water partition coefficient (Wildman–Crippen LogP) is 3.04. The average Bonchev–Trinajstić information content (AvgIpc) is 3.15. The minimum absolute atomic E-state index is 0.123. The maximum Gasteiger partial charge on any atom is 0.248 e. The lowest BCUT2D eigenvalue weighted by molar-refractivity contribution is 1.24. The van der Waals surface area contributed by atoms with E-state index in [1.54, 1.807) is 36.0 Å². The fourth-order valence-electron chi connectivity index (χ4n) is 2.32. The highest BCUT2D eigenvalue weighted by atomic mass is 32.1. The Hall–Kier alpha value is -2.73. The van der Waals surface area contributed by atoms with Crippen molar-refractivity contribution in [2.24, 2.45) is 0 Å². The highest BCUT2D eigenvalue weighted by Crippen LogP contribution is 2.31. The molecule has 0 aliphatic rings. The molecule has 4 aromatic rings. The molecule has 102 valence electrons. The van der Waals surface area contributed by atoms with Crippen LogP contribution in [0.15, 0.2) is 53.2 Å². The van der Waals surface area contributed by atoms with Crippen molar-refractivity contribution in [1.29, 1.82) is 0 Å². The van der Waals surface area contributed by atoms with E-state index in [-0.39, 0.29) is 5.56 Å². The first-order valence-electron chi connectivity index (χ1n) is 6.37. The first-order chi connectivity index (χ1) is 10.3. The van der Waals surface area contributed by atoms with Gasteiger partial charge in [-0.05, 0) is 17.7 Å². The Kier molecular flexibility index (Phi) is 2.68. The van der Waals surface area contributed by atoms with Gasteiger partial charge < -0.3 is 9.97 Å². The zero-order valence-corrected chi connectivity index (χ0v) is 11.6. The van der Waals surface area contributed by atoms with Crippen molar-refractivity contribution < 1.29 is 0 Å². The largest absolute Gasteiger partial charge is 0.345 e. The van der Waals surface area contributed by atoms with Crippen molar-refractivity contribution in [2.45, 2.75) is 0 Å². The second kappa shape index (κ2) is 4.68. The lowest BCUT2D eigenvalue weighted by atomic mass is 10.1. The molecule has 0 bridgehead atoms. The Morgan fingerprint density at radius 2 is 2.05 bits per heavy atom. The van der Waals surface area contributed by atoms with E-state index in [1.165, 1.54) is 0 Å². The van der Waals surface area contributed by atoms with Gasteiger partial charge in [0.15, 0.2) is 0 Å². The monoisotopic (exact) mass is 294 g/mol. The summed E-state index contributed by atoms with van der Waals surface area (Å²) >= 11 is 1.59. The van der Waals surface area contributed by atoms with E-state index in [1.807, 2.05) is 23.7 Å². The minimum Gasteiger partial charge on any atom is -0.345 e. The number of aromatic amines is 2. The van der Waals surface area contributed by atoms with Gasteiger partial charge in [-0.15, -0.1) is 11.3 Å². The van der Waals surface area contributed by atoms with Gasteiger partial charge in [0.25, 0.3) is 0 Å². The number of nitrogens with one attached hydrogen (secondary N) is 2. The Labute approximate surface area is 123 Å². The SMILES string of the molecule is O=c1cc(-c2cnc3[nH]cc(-c4nccs4)c3c2)cc[nH]1. The molecule has 2 N–H and O–H groups in total. The zero-order valence-electron chi connectivity index (χ0n) is 10.8. The highest BCUT2D eigenvalue weighted by Gasteiger charge is 2.10. The number of hydrogen-bond donors (Lipinski definition) is 2. The molecule has 0 saturated carbocycles. The summed E-state index contributed by atoms with van der Waals surface area (Å²) in [5.74, 6) is 0. The first kappa shape index (κ1) is 12.0. The van der Waals surface area contributed by atoms with Gasteiger partial charge in [0.05, 0.1) is 0 Å². The lowest BCUT2D eigenvalue weighted by Crippen LogP contribution is -2.02. The summed E-state index contributed by atoms with van der Waals surface area (Å²) < 4.78 is 0. The molecule has 0 aliphatic heterocycles. The fraction of sp³-hybridized carbons (Fsp3) is 0. The third-order valence-corrected chi connectivity index (χ3v) is 4.11. The molecule has 4 rings (SSSR count). The van der Waals surface area contributed by atoms with Crippen LogP contribution in [-0.4, -0.2) is 19.9 Å². The third-order valence-electron chi connectivity index (χ3n) is 3.30. The van der Waals surface area contributed by atoms with Crippen LogP contribution >= 0.6 is 11.3 Å². The molecule has 4 heterocycles. The number of hydrogen-bond acceptors (Lipinski definition) is 4. The topological polar surface area (TPSA) is 74.4 Å². The van der Waals surface area contributed by atoms with Crippen molar-refractivity contribution in [1.82, 2.24) is 19.9 Å². The molecule has 4 aromatic heterocycles. The normalized spacial score (nSPS) is 11.0. The molecular formula is C15H10N4OS. The molecule has 21 heavy (non-hydrogen) atoms. The number of fused-ring (bicyclic) bond motifs is 1. The van der Waals surface area contributed by atoms with Gasteiger partial charge in [0.1, 0.15) is 10.7 Å². The molecule has 0 atom stereocenters. The van der Waals surface area contributed by atoms with Gasteiger partial charge in [-0.1, -0.05) is 0 Å². The zero-order chi connectivity index (χ0) is 14.2. The van der Waals surface area contributed by atoms with Gasteiger partial charge in [0.2, 0.25) is 5.56 Å². The maximum absolute atomic E-state index is 11.4. The van der Waals surface area contributed by atoms with E-state index in [9.17, 15) is 4.79 Å². The number of H-pyrrole nitrogens is 2. The van der Waals surface area contributed by atoms with Gasteiger partial charge in [-0.2, -0.15) is 0 Å². The Morgan fingerprint density at radius 3 is 2.86 bits per heavy atom. The standard InChI is InChI=1S/C15H10N4OS/c20-13-6-9(1-2-16-13)10-5-11-12(15-17-3-4-21-15)8-19-14(11)18-7-10/h1-8H,(H,16,20)(H,18,19). The summed E-state index contributed by atoms with van der Waals surface area (Å²) in [6, 6.07) is 5.46. The smallest absolute Gasteiger partial charge is 0.248 e. The van der Waals surface area contributed by atoms with Crippen LogP contribution in [0.5, 0.6) is 0 Å². The van der Waals surface area contributed by atoms with Gasteiger partial charge in [0, 0.05) is 52.7 Å². The summed E-state index contributed by atoms with van der Waals surface area (Å²) in [4.78, 5) is 26.0. The fourth-order valence-corrected chi connectivity index (χ4v) is 2.99. The van der Waals surface area contributed by atoms with Crippen molar-refractivity contribution >= 4 is 22.4 Å². The van der Waals surface area contributed by atoms with E-state index in [4.69, 9.17) is 0 Å². The lowest BCUT2D eigenvalue weighted by Gasteiger charge is -2.01. The van der Waals surface area contributed by atoms with E-state index in [2.05, 4.69) is 19.9 Å². The third kappa shape index (κ3) is 2.05. The van der Waals surface area contributed by atoms with Crippen LogP contribution in [0.4, 0.5) is 0 Å². The predicted molar refractivity (Wildman–Crippen MR) is 83.3 cm³/mol. The van der Waals surface area contributed by atoms with Crippen molar-refractivity contribution in [2.75, 3.05) is 0 Å². The number of pyridine rings is 2. The van der Waals surface area contributed by atoms with Crippen molar-refractivity contribution in [3.63, 3.8) is 0 Å². The molecule has 6 heteroatoms. The highest BCUT2D eigenvalue weighted by molar-refractivity contribution is 7.13. The molecule has 0 aromatic carbocycles. The number of rotatable bonds is 2. The molecule has 0 saturated heterocycles. The Balaban J connectivity index is 1.93. The average molecular weight is 294 g/mol. The summed E-state index contributed by atoms with van der Waals surface area (Å²) in [6.07, 6.45) is 7.10. The van der Waals surface area contributed by atoms with Crippen LogP contribution in [0, 0.1) is 0 Å². The second-order valence-corrected chi connectivity index (χ2v) is 5.50. The summed E-state index contributed by atoms with van der Waals surface area (Å²) in [7, 11) is 0. The van der Waals surface area contributed by atoms with Crippen LogP contribution in [0.1, 0.15) is 0 Å². The molecule has 0 aliphatic carbocycles. The van der Waals surface area contributed by atoms with Crippen LogP contribution in [0.25, 0.3) is 32.7 Å². The van der Waals surface area contributed by atoms with E-state index in [0.29, 0.717) is 0 Å². The van der Waals surface area contributed by atoms with Gasteiger partial charge >= 0.3 is 0 Å². The van der Waals surface area contributed by atoms with Crippen LogP contribution in [0.2, 0.25) is 0 Å². The Bertz CT molecular complexity index is 969. The molecule has 0 unspecified atom stereocenters. The molecular weight excluding hydrogens is 284 g/mol. The number of thiazole rings is 1. The summed E-state index contributed by atoms with van der Waals surface area (Å²) in [5, 5.41) is 3.90.